The molecule has 4 rings (SSSR count). The minimum absolute atomic E-state index is 0.121. The maximum atomic E-state index is 12.0. The van der Waals surface area contributed by atoms with Crippen molar-refractivity contribution in [3.05, 3.63) is 71.3 Å². The largest absolute Gasteiger partial charge is 0.385 e. The molecule has 0 bridgehead atoms. The van der Waals surface area contributed by atoms with Crippen LogP contribution < -0.4 is 5.73 Å². The van der Waals surface area contributed by atoms with Crippen LogP contribution in [-0.4, -0.2) is 29.6 Å². The van der Waals surface area contributed by atoms with Gasteiger partial charge in [0.15, 0.2) is 0 Å². The van der Waals surface area contributed by atoms with Crippen LogP contribution >= 0.6 is 0 Å². The molecule has 0 aromatic heterocycles. The molecule has 0 amide bonds. The zero-order valence-electron chi connectivity index (χ0n) is 19.0. The Kier molecular flexibility index (Phi) is 7.81. The fraction of sp³-hybridized carbons (Fsp3) is 0.571. The Balaban J connectivity index is 1.45. The second-order valence-electron chi connectivity index (χ2n) is 9.83. The third-order valence-corrected chi connectivity index (χ3v) is 7.78. The number of benzene rings is 2. The summed E-state index contributed by atoms with van der Waals surface area (Å²) in [6, 6.07) is 19.4. The van der Waals surface area contributed by atoms with E-state index in [0.717, 1.165) is 24.9 Å². The van der Waals surface area contributed by atoms with Gasteiger partial charge in [0.25, 0.3) is 0 Å². The summed E-state index contributed by atoms with van der Waals surface area (Å²) < 4.78 is 0. The Bertz CT molecular complexity index is 778. The summed E-state index contributed by atoms with van der Waals surface area (Å²) in [6.45, 7) is 4.07. The average Bonchev–Trinajstić information content (AvgIpc) is 3.35. The SMILES string of the molecule is NCC(C1CCCC1)C(O)(CCc1ccc(CN2CCCCC2)cc1)c1ccccc1. The van der Waals surface area contributed by atoms with E-state index in [0.29, 0.717) is 12.5 Å². The van der Waals surface area contributed by atoms with Crippen molar-refractivity contribution in [2.75, 3.05) is 19.6 Å². The maximum absolute atomic E-state index is 12.0. The van der Waals surface area contributed by atoms with Gasteiger partial charge in [-0.1, -0.05) is 86.7 Å². The fourth-order valence-electron chi connectivity index (χ4n) is 5.93. The van der Waals surface area contributed by atoms with Crippen molar-refractivity contribution in [2.45, 2.75) is 69.9 Å². The van der Waals surface area contributed by atoms with Crippen molar-refractivity contribution in [3.8, 4) is 0 Å². The standard InChI is InChI=1S/C28H40N2O/c29-21-27(25-9-5-6-10-25)28(31,26-11-3-1-4-12-26)18-17-23-13-15-24(16-14-23)22-30-19-7-2-8-20-30/h1,3-4,11-16,25,27,31H,2,5-10,17-22,29H2. The van der Waals surface area contributed by atoms with E-state index in [2.05, 4.69) is 41.3 Å². The van der Waals surface area contributed by atoms with Crippen LogP contribution in [0, 0.1) is 11.8 Å². The van der Waals surface area contributed by atoms with Gasteiger partial charge in [0.2, 0.25) is 0 Å². The lowest BCUT2D eigenvalue weighted by molar-refractivity contribution is -0.0511. The van der Waals surface area contributed by atoms with Crippen molar-refractivity contribution in [2.24, 2.45) is 17.6 Å². The van der Waals surface area contributed by atoms with Gasteiger partial charge in [-0.2, -0.15) is 0 Å². The molecule has 2 unspecified atom stereocenters. The molecule has 3 heteroatoms. The van der Waals surface area contributed by atoms with E-state index in [1.807, 2.05) is 18.2 Å². The van der Waals surface area contributed by atoms with Crippen LogP contribution in [-0.2, 0) is 18.6 Å². The molecule has 168 valence electrons. The van der Waals surface area contributed by atoms with Crippen molar-refractivity contribution in [1.82, 2.24) is 4.90 Å². The van der Waals surface area contributed by atoms with Gasteiger partial charge in [0.05, 0.1) is 5.60 Å². The smallest absolute Gasteiger partial charge is 0.0942 e. The summed E-state index contributed by atoms with van der Waals surface area (Å²) in [5.41, 5.74) is 9.15. The fourth-order valence-corrected chi connectivity index (χ4v) is 5.93. The maximum Gasteiger partial charge on any atom is 0.0942 e. The zero-order valence-corrected chi connectivity index (χ0v) is 19.0. The van der Waals surface area contributed by atoms with E-state index < -0.39 is 5.60 Å². The van der Waals surface area contributed by atoms with Gasteiger partial charge in [-0.15, -0.1) is 0 Å². The van der Waals surface area contributed by atoms with Crippen LogP contribution in [0.5, 0.6) is 0 Å². The van der Waals surface area contributed by atoms with Gasteiger partial charge in [0, 0.05) is 12.5 Å². The second kappa shape index (κ2) is 10.8. The summed E-state index contributed by atoms with van der Waals surface area (Å²) >= 11 is 0. The quantitative estimate of drug-likeness (QED) is 0.582. The highest BCUT2D eigenvalue weighted by atomic mass is 16.3. The van der Waals surface area contributed by atoms with Gasteiger partial charge < -0.3 is 10.8 Å². The molecule has 1 aliphatic carbocycles. The van der Waals surface area contributed by atoms with Gasteiger partial charge in [0.1, 0.15) is 0 Å². The first-order valence-electron chi connectivity index (χ1n) is 12.5. The highest BCUT2D eigenvalue weighted by Crippen LogP contribution is 2.43. The third kappa shape index (κ3) is 5.58. The van der Waals surface area contributed by atoms with E-state index in [-0.39, 0.29) is 5.92 Å². The lowest BCUT2D eigenvalue weighted by atomic mass is 9.71. The Morgan fingerprint density at radius 2 is 1.52 bits per heavy atom. The summed E-state index contributed by atoms with van der Waals surface area (Å²) in [4.78, 5) is 2.57. The average molecular weight is 421 g/mol. The lowest BCUT2D eigenvalue weighted by Crippen LogP contribution is -2.43. The minimum atomic E-state index is -0.864. The van der Waals surface area contributed by atoms with E-state index >= 15 is 0 Å². The predicted molar refractivity (Wildman–Crippen MR) is 129 cm³/mol. The molecule has 2 aromatic carbocycles. The zero-order chi connectivity index (χ0) is 21.5. The van der Waals surface area contributed by atoms with Crippen molar-refractivity contribution in [1.29, 1.82) is 0 Å². The van der Waals surface area contributed by atoms with E-state index in [1.165, 1.54) is 69.2 Å². The molecule has 1 aliphatic heterocycles. The topological polar surface area (TPSA) is 49.5 Å². The van der Waals surface area contributed by atoms with E-state index in [1.54, 1.807) is 0 Å². The predicted octanol–water partition coefficient (Wildman–Crippen LogP) is 5.26. The third-order valence-electron chi connectivity index (χ3n) is 7.78. The van der Waals surface area contributed by atoms with Gasteiger partial charge >= 0.3 is 0 Å². The molecule has 2 aromatic rings. The Labute approximate surface area is 188 Å². The number of hydrogen-bond donors (Lipinski definition) is 2. The molecule has 31 heavy (non-hydrogen) atoms. The second-order valence-corrected chi connectivity index (χ2v) is 9.83. The molecule has 1 saturated carbocycles. The van der Waals surface area contributed by atoms with Crippen molar-refractivity contribution in [3.63, 3.8) is 0 Å². The van der Waals surface area contributed by atoms with Crippen LogP contribution in [0.1, 0.15) is 68.1 Å². The summed E-state index contributed by atoms with van der Waals surface area (Å²) in [5.74, 6) is 0.651. The normalized spacial score (nSPS) is 21.1. The first-order valence-corrected chi connectivity index (χ1v) is 12.5. The number of aliphatic hydroxyl groups is 1. The monoisotopic (exact) mass is 420 g/mol. The number of nitrogens with zero attached hydrogens (tertiary/aromatic N) is 1. The molecule has 2 atom stereocenters. The van der Waals surface area contributed by atoms with Crippen LogP contribution in [0.25, 0.3) is 0 Å². The van der Waals surface area contributed by atoms with E-state index in [9.17, 15) is 5.11 Å². The molecule has 1 saturated heterocycles. The van der Waals surface area contributed by atoms with Gasteiger partial charge in [-0.25, -0.2) is 0 Å². The van der Waals surface area contributed by atoms with Crippen molar-refractivity contribution < 1.29 is 5.11 Å². The van der Waals surface area contributed by atoms with Crippen LogP contribution in [0.2, 0.25) is 0 Å². The van der Waals surface area contributed by atoms with Crippen LogP contribution in [0.15, 0.2) is 54.6 Å². The molecule has 0 radical (unpaired) electrons. The Hall–Kier alpha value is -1.68. The molecule has 3 N–H and O–H groups in total. The lowest BCUT2D eigenvalue weighted by Gasteiger charge is -2.40. The minimum Gasteiger partial charge on any atom is -0.385 e. The first-order chi connectivity index (χ1) is 15.2. The number of likely N-dealkylation sites (tertiary alicyclic amines) is 1. The van der Waals surface area contributed by atoms with Gasteiger partial charge in [-0.3, -0.25) is 4.90 Å². The van der Waals surface area contributed by atoms with Crippen molar-refractivity contribution >= 4 is 0 Å². The molecule has 2 fully saturated rings. The number of aryl methyl sites for hydroxylation is 1. The summed E-state index contributed by atoms with van der Waals surface area (Å²) in [5, 5.41) is 12.0. The van der Waals surface area contributed by atoms with Gasteiger partial charge in [-0.05, 0) is 67.9 Å². The molecule has 3 nitrogen and oxygen atoms in total. The highest BCUT2D eigenvalue weighted by Gasteiger charge is 2.42. The Morgan fingerprint density at radius 3 is 2.16 bits per heavy atom. The molecular weight excluding hydrogens is 380 g/mol. The first kappa shape index (κ1) is 22.5. The highest BCUT2D eigenvalue weighted by molar-refractivity contribution is 5.27. The number of nitrogens with two attached hydrogens (primary N) is 1. The summed E-state index contributed by atoms with van der Waals surface area (Å²) in [7, 11) is 0. The van der Waals surface area contributed by atoms with Crippen LogP contribution in [0.3, 0.4) is 0 Å². The van der Waals surface area contributed by atoms with E-state index in [4.69, 9.17) is 5.73 Å². The number of rotatable bonds is 9. The number of hydrogen-bond acceptors (Lipinski definition) is 3. The van der Waals surface area contributed by atoms with Crippen LogP contribution in [0.4, 0.5) is 0 Å². The Morgan fingerprint density at radius 1 is 0.871 bits per heavy atom. The number of piperidine rings is 1. The molecule has 2 aliphatic rings. The summed E-state index contributed by atoms with van der Waals surface area (Å²) in [6.07, 6.45) is 10.6. The molecular formula is C28H40N2O. The molecule has 1 heterocycles. The molecule has 0 spiro atoms.